The molecule has 128 valence electrons. The minimum atomic E-state index is -5.04. The highest BCUT2D eigenvalue weighted by Gasteiger charge is 2.42. The molecule has 0 amide bonds. The van der Waals surface area contributed by atoms with Crippen LogP contribution in [0.5, 0.6) is 0 Å². The summed E-state index contributed by atoms with van der Waals surface area (Å²) in [5, 5.41) is 0. The molecule has 0 fully saturated rings. The number of benzene rings is 1. The van der Waals surface area contributed by atoms with E-state index in [0.717, 1.165) is 20.8 Å². The molecule has 0 aromatic heterocycles. The maximum Gasteiger partial charge on any atom is 0.417 e. The first-order valence-corrected chi connectivity index (χ1v) is 6.19. The average Bonchev–Trinajstić information content (AvgIpc) is 2.33. The largest absolute Gasteiger partial charge is 0.451 e. The number of carbonyl (C=O) groups excluding carboxylic acids is 2. The molecule has 1 aromatic rings. The maximum absolute atomic E-state index is 12.9. The van der Waals surface area contributed by atoms with Crippen molar-refractivity contribution in [1.82, 2.24) is 0 Å². The first kappa shape index (κ1) is 19.0. The van der Waals surface area contributed by atoms with E-state index in [4.69, 9.17) is 0 Å². The molecule has 0 radical (unpaired) electrons. The van der Waals surface area contributed by atoms with Crippen LogP contribution in [0.4, 0.5) is 26.3 Å². The Morgan fingerprint density at radius 3 is 1.87 bits per heavy atom. The highest BCUT2D eigenvalue weighted by atomic mass is 19.4. The van der Waals surface area contributed by atoms with Gasteiger partial charge in [0.05, 0.1) is 11.1 Å². The summed E-state index contributed by atoms with van der Waals surface area (Å²) in [6, 6.07) is 0.523. The fraction of sp³-hybridized carbons (Fsp3) is 0.429. The topological polar surface area (TPSA) is 43.4 Å². The van der Waals surface area contributed by atoms with Crippen molar-refractivity contribution in [3.05, 3.63) is 34.9 Å². The molecule has 0 N–H and O–H groups in total. The maximum atomic E-state index is 12.9. The van der Waals surface area contributed by atoms with Gasteiger partial charge in [-0.3, -0.25) is 9.59 Å². The lowest BCUT2D eigenvalue weighted by Gasteiger charge is -2.25. The van der Waals surface area contributed by atoms with E-state index in [9.17, 15) is 35.9 Å². The van der Waals surface area contributed by atoms with Crippen molar-refractivity contribution in [2.24, 2.45) is 0 Å². The van der Waals surface area contributed by atoms with Gasteiger partial charge in [-0.15, -0.1) is 0 Å². The molecule has 0 heterocycles. The fourth-order valence-electron chi connectivity index (χ4n) is 1.89. The molecule has 0 saturated carbocycles. The Labute approximate surface area is 127 Å². The molecule has 0 bridgehead atoms. The van der Waals surface area contributed by atoms with Crippen molar-refractivity contribution in [2.75, 3.05) is 0 Å². The summed E-state index contributed by atoms with van der Waals surface area (Å²) in [6.45, 7) is 2.92. The van der Waals surface area contributed by atoms with E-state index in [1.807, 2.05) is 0 Å². The Kier molecular flexibility index (Phi) is 4.84. The van der Waals surface area contributed by atoms with Crippen molar-refractivity contribution in [1.29, 1.82) is 0 Å². The number of esters is 1. The van der Waals surface area contributed by atoms with Gasteiger partial charge in [0.1, 0.15) is 0 Å². The molecule has 3 nitrogen and oxygen atoms in total. The minimum Gasteiger partial charge on any atom is -0.451 e. The molecule has 0 saturated heterocycles. The van der Waals surface area contributed by atoms with E-state index >= 15 is 0 Å². The van der Waals surface area contributed by atoms with Crippen LogP contribution < -0.4 is 0 Å². The molecule has 23 heavy (non-hydrogen) atoms. The molecule has 0 aliphatic rings. The lowest BCUT2D eigenvalue weighted by Crippen LogP contribution is -2.38. The third kappa shape index (κ3) is 4.46. The van der Waals surface area contributed by atoms with Crippen molar-refractivity contribution in [2.45, 2.75) is 38.7 Å². The Morgan fingerprint density at radius 2 is 1.48 bits per heavy atom. The second-order valence-corrected chi connectivity index (χ2v) is 5.19. The predicted octanol–water partition coefficient (Wildman–Crippen LogP) is 4.25. The fourth-order valence-corrected chi connectivity index (χ4v) is 1.89. The van der Waals surface area contributed by atoms with Crippen LogP contribution in [-0.4, -0.2) is 17.4 Å². The van der Waals surface area contributed by atoms with Crippen LogP contribution in [0.25, 0.3) is 0 Å². The first-order valence-electron chi connectivity index (χ1n) is 6.19. The van der Waals surface area contributed by atoms with Crippen LogP contribution in [0.2, 0.25) is 0 Å². The van der Waals surface area contributed by atoms with E-state index in [2.05, 4.69) is 4.74 Å². The Balaban J connectivity index is 3.52. The van der Waals surface area contributed by atoms with Gasteiger partial charge in [0, 0.05) is 12.5 Å². The summed E-state index contributed by atoms with van der Waals surface area (Å²) in [5.74, 6) is -2.34. The summed E-state index contributed by atoms with van der Waals surface area (Å²) in [7, 11) is 0. The van der Waals surface area contributed by atoms with Gasteiger partial charge in [0.25, 0.3) is 0 Å². The van der Waals surface area contributed by atoms with E-state index in [1.54, 1.807) is 0 Å². The van der Waals surface area contributed by atoms with Crippen LogP contribution in [0, 0.1) is 0 Å². The van der Waals surface area contributed by atoms with Crippen molar-refractivity contribution in [3.8, 4) is 0 Å². The van der Waals surface area contributed by atoms with Crippen molar-refractivity contribution < 1.29 is 40.7 Å². The number of halogens is 6. The van der Waals surface area contributed by atoms with Gasteiger partial charge in [-0.2, -0.15) is 26.3 Å². The van der Waals surface area contributed by atoms with Crippen molar-refractivity contribution >= 4 is 11.8 Å². The zero-order chi connectivity index (χ0) is 18.2. The van der Waals surface area contributed by atoms with Crippen LogP contribution >= 0.6 is 0 Å². The monoisotopic (exact) mass is 342 g/mol. The smallest absolute Gasteiger partial charge is 0.417 e. The number of hydrogen-bond donors (Lipinski definition) is 0. The standard InChI is InChI=1S/C14H12F6O3/c1-7(21)23-12(2,3)11(22)9-6-8(13(15,16)17)4-5-10(9)14(18,19)20/h4-6H,1-3H3. The molecule has 9 heteroatoms. The lowest BCUT2D eigenvalue weighted by atomic mass is 9.91. The molecular weight excluding hydrogens is 330 g/mol. The number of ether oxygens (including phenoxy) is 1. The van der Waals surface area contributed by atoms with Gasteiger partial charge in [-0.1, -0.05) is 0 Å². The van der Waals surface area contributed by atoms with Gasteiger partial charge >= 0.3 is 18.3 Å². The average molecular weight is 342 g/mol. The molecule has 1 rings (SSSR count). The third-order valence-electron chi connectivity index (χ3n) is 2.84. The molecule has 0 spiro atoms. The number of alkyl halides is 6. The molecular formula is C14H12F6O3. The van der Waals surface area contributed by atoms with Gasteiger partial charge in [-0.25, -0.2) is 0 Å². The Hall–Kier alpha value is -2.06. The second kappa shape index (κ2) is 5.86. The minimum absolute atomic E-state index is 0.108. The number of carbonyl (C=O) groups is 2. The van der Waals surface area contributed by atoms with Crippen LogP contribution in [-0.2, 0) is 21.9 Å². The summed E-state index contributed by atoms with van der Waals surface area (Å²) in [5.41, 5.74) is -6.20. The van der Waals surface area contributed by atoms with E-state index in [-0.39, 0.29) is 18.2 Å². The molecule has 0 aliphatic carbocycles. The third-order valence-corrected chi connectivity index (χ3v) is 2.84. The Morgan fingerprint density at radius 1 is 0.957 bits per heavy atom. The number of ketones is 1. The van der Waals surface area contributed by atoms with Crippen LogP contribution in [0.3, 0.4) is 0 Å². The highest BCUT2D eigenvalue weighted by Crippen LogP contribution is 2.38. The van der Waals surface area contributed by atoms with E-state index in [1.165, 1.54) is 0 Å². The van der Waals surface area contributed by atoms with Gasteiger partial charge in [0.2, 0.25) is 5.78 Å². The quantitative estimate of drug-likeness (QED) is 0.469. The molecule has 0 atom stereocenters. The molecule has 0 unspecified atom stereocenters. The SMILES string of the molecule is CC(=O)OC(C)(C)C(=O)c1cc(C(F)(F)F)ccc1C(F)(F)F. The van der Waals surface area contributed by atoms with Gasteiger partial charge < -0.3 is 4.74 Å². The zero-order valence-corrected chi connectivity index (χ0v) is 12.2. The normalized spacial score (nSPS) is 12.9. The van der Waals surface area contributed by atoms with Gasteiger partial charge in [-0.05, 0) is 32.0 Å². The lowest BCUT2D eigenvalue weighted by molar-refractivity contribution is -0.150. The summed E-state index contributed by atoms with van der Waals surface area (Å²) in [4.78, 5) is 23.1. The first-order chi connectivity index (χ1) is 10.2. The summed E-state index contributed by atoms with van der Waals surface area (Å²) in [6.07, 6.45) is -9.97. The Bertz CT molecular complexity index is 628. The van der Waals surface area contributed by atoms with Crippen LogP contribution in [0.1, 0.15) is 42.3 Å². The number of Topliss-reactive ketones (excluding diaryl/α,β-unsaturated/α-hetero) is 1. The van der Waals surface area contributed by atoms with E-state index < -0.39 is 46.4 Å². The number of hydrogen-bond acceptors (Lipinski definition) is 3. The zero-order valence-electron chi connectivity index (χ0n) is 12.2. The number of rotatable bonds is 3. The van der Waals surface area contributed by atoms with E-state index in [0.29, 0.717) is 0 Å². The van der Waals surface area contributed by atoms with Crippen molar-refractivity contribution in [3.63, 3.8) is 0 Å². The molecule has 0 aliphatic heterocycles. The predicted molar refractivity (Wildman–Crippen MR) is 66.6 cm³/mol. The summed E-state index contributed by atoms with van der Waals surface area (Å²) < 4.78 is 81.5. The second-order valence-electron chi connectivity index (χ2n) is 5.19. The van der Waals surface area contributed by atoms with Gasteiger partial charge in [0.15, 0.2) is 5.60 Å². The highest BCUT2D eigenvalue weighted by molar-refractivity contribution is 6.04. The summed E-state index contributed by atoms with van der Waals surface area (Å²) >= 11 is 0. The molecule has 1 aromatic carbocycles. The van der Waals surface area contributed by atoms with Crippen LogP contribution in [0.15, 0.2) is 18.2 Å².